The molecular weight excluding hydrogens is 993 g/mol. The molecule has 1 aliphatic rings. The number of aliphatic hydroxyl groups is 5. The van der Waals surface area contributed by atoms with Crippen LogP contribution in [0.2, 0.25) is 0 Å². The molecule has 1 fully saturated rings. The molecule has 0 saturated carbocycles. The molecule has 0 radical (unpaired) electrons. The minimum Gasteiger partial charge on any atom is -0.462 e. The van der Waals surface area contributed by atoms with E-state index in [2.05, 4.69) is 30.1 Å². The number of ether oxygens (including phenoxy) is 3. The van der Waals surface area contributed by atoms with E-state index in [4.69, 9.17) is 29.0 Å². The SMILES string of the molecule is CCCCC[C@H](O)/C=C/C=C\C=C\C=C\[C@H](O)[C@@H](O)CCCC(=O)O[C@H](COC(=O)CCCCCCCCCCCCCCC(C)C)COP(=O)(O)OP(=O)(O)OC[C@H]1O[C@@H](n2ccc(N)nc2=O)[C@H](O)[C@@H]1O. The van der Waals surface area contributed by atoms with E-state index in [1.54, 1.807) is 36.5 Å². The van der Waals surface area contributed by atoms with Crippen LogP contribution in [-0.2, 0) is 46.3 Å². The Morgan fingerprint density at radius 2 is 1.30 bits per heavy atom. The van der Waals surface area contributed by atoms with E-state index < -0.39 is 102 Å². The van der Waals surface area contributed by atoms with Crippen molar-refractivity contribution in [2.24, 2.45) is 5.92 Å². The number of phosphoric acid groups is 2. The molecule has 0 aliphatic carbocycles. The first-order valence-electron chi connectivity index (χ1n) is 25.8. The van der Waals surface area contributed by atoms with Crippen molar-refractivity contribution in [1.29, 1.82) is 0 Å². The van der Waals surface area contributed by atoms with Gasteiger partial charge in [-0.05, 0) is 37.7 Å². The summed E-state index contributed by atoms with van der Waals surface area (Å²) >= 11 is 0. The first-order valence-corrected chi connectivity index (χ1v) is 28.8. The topological polar surface area (TPSA) is 326 Å². The maximum atomic E-state index is 12.9. The lowest BCUT2D eigenvalue weighted by Gasteiger charge is -2.21. The van der Waals surface area contributed by atoms with Crippen molar-refractivity contribution in [2.45, 2.75) is 205 Å². The average molecular weight is 1080 g/mol. The average Bonchev–Trinajstić information content (AvgIpc) is 3.60. The molecule has 0 amide bonds. The first-order chi connectivity index (χ1) is 34.7. The van der Waals surface area contributed by atoms with Crippen LogP contribution >= 0.6 is 15.6 Å². The number of anilines is 1. The number of nitrogens with two attached hydrogens (primary N) is 1. The van der Waals surface area contributed by atoms with Gasteiger partial charge in [0.05, 0.1) is 31.5 Å². The van der Waals surface area contributed by atoms with Crippen molar-refractivity contribution in [3.63, 3.8) is 0 Å². The molecule has 2 unspecified atom stereocenters. The number of esters is 2. The standard InChI is InChI=1S/C50H85N3O18P2/c1-4-5-20-27-39(54)28-22-17-14-15-18-23-29-41(55)42(56)30-25-32-46(58)69-40(35-66-45(57)31-24-19-13-11-9-7-6-8-10-12-16-21-26-38(2)3)36-67-72(62,63)71-73(64,65)68-37-43-47(59)48(60)49(70-43)53-34-33-44(51)52-50(53)61/h14-15,17-18,22-23,28-29,33-34,38-43,47-49,54-56,59-60H,4-13,16,19-21,24-27,30-32,35-37H2,1-3H3,(H,62,63)(H,64,65)(H2,51,52,61)/b17-14-,18-15+,28-22+,29-23+/t39-,40+,41-,42-,43+,47+,48+,49+/m0/s1. The summed E-state index contributed by atoms with van der Waals surface area (Å²) < 4.78 is 56.5. The van der Waals surface area contributed by atoms with E-state index in [0.29, 0.717) is 12.8 Å². The highest BCUT2D eigenvalue weighted by atomic mass is 31.3. The van der Waals surface area contributed by atoms with E-state index >= 15 is 0 Å². The fourth-order valence-electron chi connectivity index (χ4n) is 7.53. The summed E-state index contributed by atoms with van der Waals surface area (Å²) in [7, 11) is -11.0. The molecule has 1 aromatic rings. The van der Waals surface area contributed by atoms with Gasteiger partial charge in [-0.15, -0.1) is 0 Å². The minimum atomic E-state index is -5.51. The predicted octanol–water partition coefficient (Wildman–Crippen LogP) is 7.33. The van der Waals surface area contributed by atoms with Crippen molar-refractivity contribution in [3.05, 3.63) is 71.4 Å². The van der Waals surface area contributed by atoms with Crippen molar-refractivity contribution in [1.82, 2.24) is 9.55 Å². The monoisotopic (exact) mass is 1080 g/mol. The molecule has 1 aromatic heterocycles. The van der Waals surface area contributed by atoms with Crippen LogP contribution in [0.3, 0.4) is 0 Å². The van der Waals surface area contributed by atoms with Gasteiger partial charge in [-0.1, -0.05) is 166 Å². The summed E-state index contributed by atoms with van der Waals surface area (Å²) in [6, 6.07) is 1.23. The van der Waals surface area contributed by atoms with Gasteiger partial charge in [-0.25, -0.2) is 13.9 Å². The lowest BCUT2D eigenvalue weighted by Crippen LogP contribution is -2.36. The Bertz CT molecular complexity index is 1980. The molecule has 0 spiro atoms. The normalized spacial score (nSPS) is 20.8. The second-order valence-corrected chi connectivity index (χ2v) is 21.8. The van der Waals surface area contributed by atoms with E-state index in [9.17, 15) is 58.8 Å². The quantitative estimate of drug-likeness (QED) is 0.0138. The van der Waals surface area contributed by atoms with E-state index in [1.165, 1.54) is 69.6 Å². The molecule has 73 heavy (non-hydrogen) atoms. The molecule has 0 bridgehead atoms. The zero-order chi connectivity index (χ0) is 54.1. The van der Waals surface area contributed by atoms with E-state index in [1.807, 2.05) is 0 Å². The smallest absolute Gasteiger partial charge is 0.462 e. The maximum Gasteiger partial charge on any atom is 0.481 e. The number of hydrogen-bond acceptors (Lipinski definition) is 18. The predicted molar refractivity (Wildman–Crippen MR) is 274 cm³/mol. The highest BCUT2D eigenvalue weighted by molar-refractivity contribution is 7.61. The van der Waals surface area contributed by atoms with Crippen molar-refractivity contribution >= 4 is 33.4 Å². The van der Waals surface area contributed by atoms with Gasteiger partial charge < -0.3 is 55.3 Å². The van der Waals surface area contributed by atoms with Crippen molar-refractivity contribution in [3.8, 4) is 0 Å². The van der Waals surface area contributed by atoms with Crippen LogP contribution < -0.4 is 11.4 Å². The number of nitrogens with zero attached hydrogens (tertiary/aromatic N) is 2. The Kier molecular flexibility index (Phi) is 33.6. The highest BCUT2D eigenvalue weighted by Gasteiger charge is 2.46. The highest BCUT2D eigenvalue weighted by Crippen LogP contribution is 2.60. The number of aromatic nitrogens is 2. The van der Waals surface area contributed by atoms with Gasteiger partial charge in [0.15, 0.2) is 12.3 Å². The molecule has 0 aromatic carbocycles. The van der Waals surface area contributed by atoms with E-state index in [0.717, 1.165) is 61.6 Å². The number of nitrogen functional groups attached to an aromatic ring is 1. The lowest BCUT2D eigenvalue weighted by atomic mass is 10.0. The van der Waals surface area contributed by atoms with Gasteiger partial charge in [-0.2, -0.15) is 9.29 Å². The van der Waals surface area contributed by atoms with Crippen LogP contribution in [0.1, 0.15) is 162 Å². The van der Waals surface area contributed by atoms with Gasteiger partial charge in [0, 0.05) is 19.0 Å². The van der Waals surface area contributed by atoms with Crippen LogP contribution in [0.4, 0.5) is 5.82 Å². The van der Waals surface area contributed by atoms with Crippen LogP contribution in [-0.4, -0.2) is 119 Å². The third kappa shape index (κ3) is 30.7. The third-order valence-electron chi connectivity index (χ3n) is 11.7. The van der Waals surface area contributed by atoms with Gasteiger partial charge in [0.25, 0.3) is 0 Å². The second-order valence-electron chi connectivity index (χ2n) is 18.7. The fourth-order valence-corrected chi connectivity index (χ4v) is 9.64. The van der Waals surface area contributed by atoms with Gasteiger partial charge >= 0.3 is 33.3 Å². The Morgan fingerprint density at radius 1 is 0.740 bits per heavy atom. The summed E-state index contributed by atoms with van der Waals surface area (Å²) in [4.78, 5) is 62.0. The van der Waals surface area contributed by atoms with Crippen LogP contribution in [0.25, 0.3) is 0 Å². The van der Waals surface area contributed by atoms with Crippen LogP contribution in [0.5, 0.6) is 0 Å². The Morgan fingerprint density at radius 3 is 1.92 bits per heavy atom. The van der Waals surface area contributed by atoms with Gasteiger partial charge in [-0.3, -0.25) is 23.2 Å². The van der Waals surface area contributed by atoms with Crippen LogP contribution in [0.15, 0.2) is 65.7 Å². The number of carbonyl (C=O) groups is 2. The van der Waals surface area contributed by atoms with Crippen LogP contribution in [0, 0.1) is 5.92 Å². The first kappa shape index (κ1) is 65.7. The second kappa shape index (κ2) is 37.4. The summed E-state index contributed by atoms with van der Waals surface area (Å²) in [5, 5.41) is 51.7. The molecule has 21 nitrogen and oxygen atoms in total. The molecule has 2 heterocycles. The third-order valence-corrected chi connectivity index (χ3v) is 14.3. The lowest BCUT2D eigenvalue weighted by molar-refractivity contribution is -0.161. The molecule has 418 valence electrons. The molecule has 2 rings (SSSR count). The number of rotatable bonds is 41. The zero-order valence-electron chi connectivity index (χ0n) is 42.9. The summed E-state index contributed by atoms with van der Waals surface area (Å²) in [5.41, 5.74) is 4.55. The molecule has 1 aliphatic heterocycles. The van der Waals surface area contributed by atoms with Gasteiger partial charge in [0.1, 0.15) is 30.7 Å². The minimum absolute atomic E-state index is 0.0312. The fraction of sp³-hybridized carbons (Fsp3) is 0.720. The van der Waals surface area contributed by atoms with E-state index in [-0.39, 0.29) is 31.5 Å². The molecular formula is C50H85N3O18P2. The number of unbranched alkanes of at least 4 members (excludes halogenated alkanes) is 13. The molecule has 1 saturated heterocycles. The maximum absolute atomic E-state index is 12.9. The Hall–Kier alpha value is -3.40. The molecule has 10 atom stereocenters. The number of carbonyl (C=O) groups excluding carboxylic acids is 2. The number of allylic oxidation sites excluding steroid dienone is 6. The summed E-state index contributed by atoms with van der Waals surface area (Å²) in [6.45, 7) is 4.01. The number of aliphatic hydroxyl groups excluding tert-OH is 5. The zero-order valence-corrected chi connectivity index (χ0v) is 44.7. The largest absolute Gasteiger partial charge is 0.481 e. The van der Waals surface area contributed by atoms with Crippen molar-refractivity contribution < 1.29 is 81.6 Å². The number of hydrogen-bond donors (Lipinski definition) is 8. The van der Waals surface area contributed by atoms with Gasteiger partial charge in [0.2, 0.25) is 0 Å². The van der Waals surface area contributed by atoms with Crippen molar-refractivity contribution in [2.75, 3.05) is 25.6 Å². The Balaban J connectivity index is 1.89. The number of phosphoric ester groups is 2. The molecule has 9 N–H and O–H groups in total. The Labute approximate surface area is 430 Å². The molecule has 23 heteroatoms. The summed E-state index contributed by atoms with van der Waals surface area (Å²) in [5.74, 6) is -0.887. The summed E-state index contributed by atoms with van der Waals surface area (Å²) in [6.07, 6.45) is 21.3.